The monoisotopic (exact) mass is 400 g/mol. The van der Waals surface area contributed by atoms with E-state index in [-0.39, 0.29) is 24.7 Å². The SMILES string of the molecule is CCc1cccc(C(=O)N[C@H](CCC(=O)O)C(=O)N2CCC3(CCCC3)CC2)c1. The molecule has 2 N–H and O–H groups in total. The Morgan fingerprint density at radius 3 is 2.45 bits per heavy atom. The van der Waals surface area contributed by atoms with Crippen LogP contribution in [0.15, 0.2) is 24.3 Å². The number of carbonyl (C=O) groups excluding carboxylic acids is 2. The molecule has 0 aromatic heterocycles. The van der Waals surface area contributed by atoms with Crippen LogP contribution in [0, 0.1) is 5.41 Å². The molecule has 2 amide bonds. The molecule has 1 saturated carbocycles. The number of aryl methyl sites for hydroxylation is 1. The van der Waals surface area contributed by atoms with E-state index in [9.17, 15) is 14.4 Å². The third-order valence-corrected chi connectivity index (χ3v) is 6.65. The molecule has 1 aromatic carbocycles. The Morgan fingerprint density at radius 2 is 1.83 bits per heavy atom. The standard InChI is InChI=1S/C23H32N2O4/c1-2-17-6-5-7-18(16-17)21(28)24-19(8-9-20(26)27)22(29)25-14-12-23(13-15-25)10-3-4-11-23/h5-7,16,19H,2-4,8-15H2,1H3,(H,24,28)(H,26,27)/t19-/m1/s1. The van der Waals surface area contributed by atoms with Gasteiger partial charge in [-0.05, 0) is 61.6 Å². The second-order valence-corrected chi connectivity index (χ2v) is 8.54. The van der Waals surface area contributed by atoms with Crippen LogP contribution in [0.4, 0.5) is 0 Å². The van der Waals surface area contributed by atoms with E-state index in [2.05, 4.69) is 5.32 Å². The van der Waals surface area contributed by atoms with Crippen LogP contribution in [0.3, 0.4) is 0 Å². The number of amides is 2. The van der Waals surface area contributed by atoms with Crippen molar-refractivity contribution in [2.24, 2.45) is 5.41 Å². The van der Waals surface area contributed by atoms with Crippen molar-refractivity contribution >= 4 is 17.8 Å². The summed E-state index contributed by atoms with van der Waals surface area (Å²) in [4.78, 5) is 38.7. The number of nitrogens with zero attached hydrogens (tertiary/aromatic N) is 1. The molecule has 29 heavy (non-hydrogen) atoms. The molecule has 0 unspecified atom stereocenters. The lowest BCUT2D eigenvalue weighted by atomic mass is 9.77. The summed E-state index contributed by atoms with van der Waals surface area (Å²) in [6.07, 6.45) is 7.86. The number of carbonyl (C=O) groups is 3. The van der Waals surface area contributed by atoms with Crippen molar-refractivity contribution < 1.29 is 19.5 Å². The quantitative estimate of drug-likeness (QED) is 0.734. The van der Waals surface area contributed by atoms with E-state index in [0.29, 0.717) is 24.1 Å². The summed E-state index contributed by atoms with van der Waals surface area (Å²) >= 11 is 0. The van der Waals surface area contributed by atoms with Gasteiger partial charge in [-0.25, -0.2) is 0 Å². The molecule has 1 aliphatic carbocycles. The van der Waals surface area contributed by atoms with Crippen LogP contribution in [0.5, 0.6) is 0 Å². The van der Waals surface area contributed by atoms with Crippen molar-refractivity contribution in [3.8, 4) is 0 Å². The summed E-state index contributed by atoms with van der Waals surface area (Å²) in [5.41, 5.74) is 1.95. The van der Waals surface area contributed by atoms with E-state index >= 15 is 0 Å². The molecule has 0 radical (unpaired) electrons. The molecule has 1 saturated heterocycles. The van der Waals surface area contributed by atoms with Crippen molar-refractivity contribution in [3.05, 3.63) is 35.4 Å². The number of likely N-dealkylation sites (tertiary alicyclic amines) is 1. The summed E-state index contributed by atoms with van der Waals surface area (Å²) in [5.74, 6) is -1.44. The fraction of sp³-hybridized carbons (Fsp3) is 0.609. The van der Waals surface area contributed by atoms with Gasteiger partial charge >= 0.3 is 5.97 Å². The van der Waals surface area contributed by atoms with Gasteiger partial charge in [0.15, 0.2) is 0 Å². The van der Waals surface area contributed by atoms with Gasteiger partial charge in [-0.1, -0.05) is 31.9 Å². The highest BCUT2D eigenvalue weighted by Gasteiger charge is 2.39. The van der Waals surface area contributed by atoms with Crippen molar-refractivity contribution in [3.63, 3.8) is 0 Å². The van der Waals surface area contributed by atoms with Crippen LogP contribution in [0.25, 0.3) is 0 Å². The van der Waals surface area contributed by atoms with Gasteiger partial charge < -0.3 is 15.3 Å². The van der Waals surface area contributed by atoms with Crippen LogP contribution in [-0.4, -0.2) is 46.9 Å². The fourth-order valence-electron chi connectivity index (χ4n) is 4.75. The highest BCUT2D eigenvalue weighted by molar-refractivity contribution is 5.97. The maximum Gasteiger partial charge on any atom is 0.303 e. The second kappa shape index (κ2) is 9.42. The Bertz CT molecular complexity index is 745. The van der Waals surface area contributed by atoms with Crippen molar-refractivity contribution in [2.75, 3.05) is 13.1 Å². The Labute approximate surface area is 172 Å². The first-order valence-corrected chi connectivity index (χ1v) is 10.8. The molecular weight excluding hydrogens is 368 g/mol. The normalized spacial score (nSPS) is 19.1. The third kappa shape index (κ3) is 5.37. The number of hydrogen-bond acceptors (Lipinski definition) is 3. The van der Waals surface area contributed by atoms with E-state index < -0.39 is 12.0 Å². The van der Waals surface area contributed by atoms with Gasteiger partial charge in [0, 0.05) is 25.1 Å². The number of piperidine rings is 1. The van der Waals surface area contributed by atoms with Gasteiger partial charge in [-0.2, -0.15) is 0 Å². The van der Waals surface area contributed by atoms with Crippen LogP contribution in [0.2, 0.25) is 0 Å². The predicted molar refractivity (Wildman–Crippen MR) is 111 cm³/mol. The maximum atomic E-state index is 13.1. The van der Waals surface area contributed by atoms with Gasteiger partial charge in [0.25, 0.3) is 5.91 Å². The molecule has 1 aromatic rings. The number of benzene rings is 1. The summed E-state index contributed by atoms with van der Waals surface area (Å²) in [6, 6.07) is 6.52. The van der Waals surface area contributed by atoms with E-state index in [1.54, 1.807) is 6.07 Å². The molecule has 1 heterocycles. The maximum absolute atomic E-state index is 13.1. The summed E-state index contributed by atoms with van der Waals surface area (Å²) in [7, 11) is 0. The number of carboxylic acids is 1. The number of rotatable bonds is 7. The third-order valence-electron chi connectivity index (χ3n) is 6.65. The zero-order chi connectivity index (χ0) is 20.9. The number of carboxylic acid groups (broad SMARTS) is 1. The van der Waals surface area contributed by atoms with Gasteiger partial charge in [0.2, 0.25) is 5.91 Å². The van der Waals surface area contributed by atoms with Crippen LogP contribution < -0.4 is 5.32 Å². The van der Waals surface area contributed by atoms with E-state index in [1.165, 1.54) is 25.7 Å². The number of nitrogens with one attached hydrogen (secondary N) is 1. The smallest absolute Gasteiger partial charge is 0.303 e. The molecule has 3 rings (SSSR count). The topological polar surface area (TPSA) is 86.7 Å². The first kappa shape index (κ1) is 21.3. The fourth-order valence-corrected chi connectivity index (χ4v) is 4.75. The molecular formula is C23H32N2O4. The molecule has 6 nitrogen and oxygen atoms in total. The lowest BCUT2D eigenvalue weighted by Crippen LogP contribution is -2.52. The Morgan fingerprint density at radius 1 is 1.14 bits per heavy atom. The Kier molecular flexibility index (Phi) is 6.93. The molecule has 2 aliphatic rings. The molecule has 158 valence electrons. The first-order chi connectivity index (χ1) is 13.9. The van der Waals surface area contributed by atoms with E-state index in [1.807, 2.05) is 30.0 Å². The Balaban J connectivity index is 1.66. The van der Waals surface area contributed by atoms with Gasteiger partial charge in [-0.3, -0.25) is 14.4 Å². The number of hydrogen-bond donors (Lipinski definition) is 2. The summed E-state index contributed by atoms with van der Waals surface area (Å²) in [5, 5.41) is 11.9. The van der Waals surface area contributed by atoms with Gasteiger partial charge in [0.1, 0.15) is 6.04 Å². The minimum atomic E-state index is -0.964. The highest BCUT2D eigenvalue weighted by Crippen LogP contribution is 2.46. The van der Waals surface area contributed by atoms with Crippen molar-refractivity contribution in [1.29, 1.82) is 0 Å². The van der Waals surface area contributed by atoms with E-state index in [4.69, 9.17) is 5.11 Å². The molecule has 1 spiro atoms. The second-order valence-electron chi connectivity index (χ2n) is 8.54. The average Bonchev–Trinajstić information content (AvgIpc) is 3.18. The zero-order valence-corrected chi connectivity index (χ0v) is 17.3. The Hall–Kier alpha value is -2.37. The number of aliphatic carboxylic acids is 1. The van der Waals surface area contributed by atoms with Gasteiger partial charge in [-0.15, -0.1) is 0 Å². The lowest BCUT2D eigenvalue weighted by molar-refractivity contribution is -0.138. The highest BCUT2D eigenvalue weighted by atomic mass is 16.4. The lowest BCUT2D eigenvalue weighted by Gasteiger charge is -2.40. The zero-order valence-electron chi connectivity index (χ0n) is 17.3. The summed E-state index contributed by atoms with van der Waals surface area (Å²) < 4.78 is 0. The summed E-state index contributed by atoms with van der Waals surface area (Å²) in [6.45, 7) is 3.41. The minimum Gasteiger partial charge on any atom is -0.481 e. The molecule has 2 fully saturated rings. The molecule has 6 heteroatoms. The van der Waals surface area contributed by atoms with Crippen LogP contribution >= 0.6 is 0 Å². The minimum absolute atomic E-state index is 0.106. The average molecular weight is 401 g/mol. The molecule has 1 aliphatic heterocycles. The van der Waals surface area contributed by atoms with E-state index in [0.717, 1.165) is 24.8 Å². The van der Waals surface area contributed by atoms with Crippen molar-refractivity contribution in [1.82, 2.24) is 10.2 Å². The molecule has 0 bridgehead atoms. The van der Waals surface area contributed by atoms with Crippen LogP contribution in [-0.2, 0) is 16.0 Å². The van der Waals surface area contributed by atoms with Gasteiger partial charge in [0.05, 0.1) is 0 Å². The van der Waals surface area contributed by atoms with Crippen LogP contribution in [0.1, 0.15) is 74.2 Å². The predicted octanol–water partition coefficient (Wildman–Crippen LogP) is 3.40. The van der Waals surface area contributed by atoms with Crippen molar-refractivity contribution in [2.45, 2.75) is 70.8 Å². The molecule has 1 atom stereocenters. The first-order valence-electron chi connectivity index (χ1n) is 10.8. The largest absolute Gasteiger partial charge is 0.481 e.